The van der Waals surface area contributed by atoms with Gasteiger partial charge in [-0.2, -0.15) is 0 Å². The van der Waals surface area contributed by atoms with Gasteiger partial charge in [0, 0.05) is 16.9 Å². The van der Waals surface area contributed by atoms with Crippen molar-refractivity contribution in [1.29, 1.82) is 0 Å². The fourth-order valence-corrected chi connectivity index (χ4v) is 3.07. The van der Waals surface area contributed by atoms with E-state index in [0.717, 1.165) is 5.56 Å². The number of allylic oxidation sites excluding steroid dienone is 1. The van der Waals surface area contributed by atoms with E-state index < -0.39 is 6.04 Å². The first-order chi connectivity index (χ1) is 12.0. The highest BCUT2D eigenvalue weighted by Crippen LogP contribution is 2.32. The van der Waals surface area contributed by atoms with Crippen LogP contribution >= 0.6 is 12.2 Å². The summed E-state index contributed by atoms with van der Waals surface area (Å²) < 4.78 is 0. The highest BCUT2D eigenvalue weighted by Gasteiger charge is 2.31. The summed E-state index contributed by atoms with van der Waals surface area (Å²) in [6.45, 7) is 3.78. The Morgan fingerprint density at radius 3 is 2.48 bits per heavy atom. The lowest BCUT2D eigenvalue weighted by atomic mass is 9.94. The maximum Gasteiger partial charge on any atom is 0.255 e. The van der Waals surface area contributed by atoms with E-state index in [-0.39, 0.29) is 11.7 Å². The molecule has 6 heteroatoms. The third kappa shape index (κ3) is 3.64. The van der Waals surface area contributed by atoms with Gasteiger partial charge in [0.2, 0.25) is 0 Å². The van der Waals surface area contributed by atoms with Crippen molar-refractivity contribution in [2.75, 3.05) is 5.32 Å². The van der Waals surface area contributed by atoms with Crippen LogP contribution in [0.5, 0.6) is 5.75 Å². The average molecular weight is 353 g/mol. The van der Waals surface area contributed by atoms with Crippen molar-refractivity contribution in [3.63, 3.8) is 0 Å². The lowest BCUT2D eigenvalue weighted by Crippen LogP contribution is -2.45. The summed E-state index contributed by atoms with van der Waals surface area (Å²) in [4.78, 5) is 12.9. The van der Waals surface area contributed by atoms with E-state index in [2.05, 4.69) is 16.0 Å². The third-order valence-electron chi connectivity index (χ3n) is 4.07. The molecule has 0 bridgehead atoms. The Bertz CT molecular complexity index is 859. The normalized spacial score (nSPS) is 16.9. The minimum atomic E-state index is -0.527. The number of thiocarbonyl (C=S) groups is 1. The standard InChI is InChI=1S/C19H19N3O2S/c1-11-7-9-13(10-8-11)21-18(24)16-12(2)20-19(25)22-17(16)14-5-3-4-6-15(14)23/h3-10,17,23H,1-2H3,(H,21,24)(H2,20,22,25). The van der Waals surface area contributed by atoms with Gasteiger partial charge in [-0.1, -0.05) is 35.9 Å². The van der Waals surface area contributed by atoms with Crippen molar-refractivity contribution in [3.05, 3.63) is 70.9 Å². The Kier molecular flexibility index (Phi) is 4.72. The van der Waals surface area contributed by atoms with Gasteiger partial charge in [0.1, 0.15) is 5.75 Å². The Morgan fingerprint density at radius 2 is 1.80 bits per heavy atom. The summed E-state index contributed by atoms with van der Waals surface area (Å²) in [5, 5.41) is 19.6. The molecule has 0 fully saturated rings. The number of carbonyl (C=O) groups excluding carboxylic acids is 1. The van der Waals surface area contributed by atoms with Crippen LogP contribution in [0.2, 0.25) is 0 Å². The number of carbonyl (C=O) groups is 1. The molecule has 25 heavy (non-hydrogen) atoms. The predicted molar refractivity (Wildman–Crippen MR) is 102 cm³/mol. The first kappa shape index (κ1) is 17.0. The Balaban J connectivity index is 1.96. The van der Waals surface area contributed by atoms with Crippen molar-refractivity contribution < 1.29 is 9.90 Å². The van der Waals surface area contributed by atoms with Gasteiger partial charge in [-0.05, 0) is 44.3 Å². The lowest BCUT2D eigenvalue weighted by molar-refractivity contribution is -0.113. The van der Waals surface area contributed by atoms with E-state index >= 15 is 0 Å². The van der Waals surface area contributed by atoms with Crippen LogP contribution in [0.25, 0.3) is 0 Å². The minimum absolute atomic E-state index is 0.109. The van der Waals surface area contributed by atoms with Crippen molar-refractivity contribution in [3.8, 4) is 5.75 Å². The molecule has 1 aliphatic rings. The molecule has 1 unspecified atom stereocenters. The number of aromatic hydroxyl groups is 1. The number of anilines is 1. The van der Waals surface area contributed by atoms with Gasteiger partial charge in [0.25, 0.3) is 5.91 Å². The number of nitrogens with one attached hydrogen (secondary N) is 3. The summed E-state index contributed by atoms with van der Waals surface area (Å²) in [5.74, 6) is -0.143. The van der Waals surface area contributed by atoms with E-state index in [9.17, 15) is 9.90 Å². The maximum absolute atomic E-state index is 12.9. The molecule has 0 radical (unpaired) electrons. The number of phenols is 1. The van der Waals surface area contributed by atoms with Crippen molar-refractivity contribution in [2.45, 2.75) is 19.9 Å². The van der Waals surface area contributed by atoms with Gasteiger partial charge in [0.15, 0.2) is 5.11 Å². The van der Waals surface area contributed by atoms with E-state index in [4.69, 9.17) is 12.2 Å². The largest absolute Gasteiger partial charge is 0.508 e. The zero-order valence-electron chi connectivity index (χ0n) is 14.0. The quantitative estimate of drug-likeness (QED) is 0.638. The molecule has 4 N–H and O–H groups in total. The summed E-state index contributed by atoms with van der Waals surface area (Å²) in [5.41, 5.74) is 3.56. The van der Waals surface area contributed by atoms with Gasteiger partial charge in [-0.15, -0.1) is 0 Å². The second-order valence-corrected chi connectivity index (χ2v) is 6.36. The fourth-order valence-electron chi connectivity index (χ4n) is 2.80. The summed E-state index contributed by atoms with van der Waals surface area (Å²) in [6.07, 6.45) is 0. The highest BCUT2D eigenvalue weighted by molar-refractivity contribution is 7.80. The van der Waals surface area contributed by atoms with Crippen molar-refractivity contribution in [1.82, 2.24) is 10.6 Å². The van der Waals surface area contributed by atoms with Gasteiger partial charge < -0.3 is 21.1 Å². The molecule has 2 aromatic carbocycles. The molecule has 1 aliphatic heterocycles. The lowest BCUT2D eigenvalue weighted by Gasteiger charge is -2.30. The first-order valence-electron chi connectivity index (χ1n) is 7.90. The molecule has 128 valence electrons. The van der Waals surface area contributed by atoms with E-state index in [1.807, 2.05) is 37.3 Å². The average Bonchev–Trinajstić information content (AvgIpc) is 2.56. The van der Waals surface area contributed by atoms with Gasteiger partial charge in [-0.25, -0.2) is 0 Å². The van der Waals surface area contributed by atoms with Crippen LogP contribution in [0.1, 0.15) is 24.1 Å². The number of amides is 1. The van der Waals surface area contributed by atoms with E-state index in [1.165, 1.54) is 0 Å². The molecule has 3 rings (SSSR count). The van der Waals surface area contributed by atoms with Crippen molar-refractivity contribution in [2.24, 2.45) is 0 Å². The Hall–Kier alpha value is -2.86. The molecule has 0 aromatic heterocycles. The molecule has 0 spiro atoms. The van der Waals surface area contributed by atoms with Gasteiger partial charge >= 0.3 is 0 Å². The molecule has 1 heterocycles. The van der Waals surface area contributed by atoms with Crippen molar-refractivity contribution >= 4 is 28.9 Å². The SMILES string of the molecule is CC1=C(C(=O)Nc2ccc(C)cc2)C(c2ccccc2O)NC(=S)N1. The Morgan fingerprint density at radius 1 is 1.12 bits per heavy atom. The first-order valence-corrected chi connectivity index (χ1v) is 8.30. The van der Waals surface area contributed by atoms with Crippen LogP contribution in [0.4, 0.5) is 5.69 Å². The number of para-hydroxylation sites is 1. The van der Waals surface area contributed by atoms with Crippen LogP contribution in [0.15, 0.2) is 59.8 Å². The molecule has 1 amide bonds. The molecule has 5 nitrogen and oxygen atoms in total. The number of rotatable bonds is 3. The summed E-state index contributed by atoms with van der Waals surface area (Å²) >= 11 is 5.22. The number of hydrogen-bond donors (Lipinski definition) is 4. The van der Waals surface area contributed by atoms with Gasteiger partial charge in [0.05, 0.1) is 11.6 Å². The zero-order valence-corrected chi connectivity index (χ0v) is 14.8. The summed E-state index contributed by atoms with van der Waals surface area (Å²) in [7, 11) is 0. The van der Waals surface area contributed by atoms with Crippen LogP contribution < -0.4 is 16.0 Å². The second-order valence-electron chi connectivity index (χ2n) is 5.95. The molecule has 2 aromatic rings. The second kappa shape index (κ2) is 6.94. The Labute approximate surface area is 151 Å². The topological polar surface area (TPSA) is 73.4 Å². The molecule has 0 saturated carbocycles. The molecule has 0 saturated heterocycles. The van der Waals surface area contributed by atoms with Gasteiger partial charge in [-0.3, -0.25) is 4.79 Å². The highest BCUT2D eigenvalue weighted by atomic mass is 32.1. The monoisotopic (exact) mass is 353 g/mol. The maximum atomic E-state index is 12.9. The number of aryl methyl sites for hydroxylation is 1. The summed E-state index contributed by atoms with van der Waals surface area (Å²) in [6, 6.07) is 14.0. The van der Waals surface area contributed by atoms with Crippen LogP contribution in [0, 0.1) is 6.92 Å². The molecular formula is C19H19N3O2S. The minimum Gasteiger partial charge on any atom is -0.508 e. The molecule has 0 aliphatic carbocycles. The third-order valence-corrected chi connectivity index (χ3v) is 4.29. The fraction of sp³-hybridized carbons (Fsp3) is 0.158. The predicted octanol–water partition coefficient (Wildman–Crippen LogP) is 3.13. The number of benzene rings is 2. The van der Waals surface area contributed by atoms with Crippen LogP contribution in [-0.4, -0.2) is 16.1 Å². The van der Waals surface area contributed by atoms with E-state index in [0.29, 0.717) is 27.6 Å². The zero-order chi connectivity index (χ0) is 18.0. The number of phenolic OH excluding ortho intramolecular Hbond substituents is 1. The molecular weight excluding hydrogens is 334 g/mol. The van der Waals surface area contributed by atoms with Crippen LogP contribution in [-0.2, 0) is 4.79 Å². The smallest absolute Gasteiger partial charge is 0.255 e. The number of hydrogen-bond acceptors (Lipinski definition) is 3. The van der Waals surface area contributed by atoms with E-state index in [1.54, 1.807) is 25.1 Å². The van der Waals surface area contributed by atoms with Crippen LogP contribution in [0.3, 0.4) is 0 Å². The molecule has 1 atom stereocenters.